The summed E-state index contributed by atoms with van der Waals surface area (Å²) in [5.41, 5.74) is 0. The molecule has 90 valence electrons. The summed E-state index contributed by atoms with van der Waals surface area (Å²) in [6.45, 7) is 4.78. The van der Waals surface area contributed by atoms with Crippen molar-refractivity contribution in [1.82, 2.24) is 4.31 Å². The molecule has 1 aliphatic heterocycles. The summed E-state index contributed by atoms with van der Waals surface area (Å²) in [7, 11) is -3.21. The summed E-state index contributed by atoms with van der Waals surface area (Å²) in [4.78, 5) is 0. The Labute approximate surface area is 96.6 Å². The summed E-state index contributed by atoms with van der Waals surface area (Å²) in [5, 5.41) is 0. The van der Waals surface area contributed by atoms with Crippen LogP contribution >= 0.6 is 11.6 Å². The minimum absolute atomic E-state index is 0.0117. The highest BCUT2D eigenvalue weighted by atomic mass is 35.5. The predicted octanol–water partition coefficient (Wildman–Crippen LogP) is 1.05. The Bertz CT molecular complexity index is 294. The second kappa shape index (κ2) is 5.48. The number of ether oxygens (including phenoxy) is 1. The third-order valence-corrected chi connectivity index (χ3v) is 4.88. The number of rotatable bonds is 4. The summed E-state index contributed by atoms with van der Waals surface area (Å²) in [6, 6.07) is -0.0329. The van der Waals surface area contributed by atoms with Gasteiger partial charge in [0, 0.05) is 18.5 Å². The normalized spacial score (nSPS) is 29.3. The standard InChI is InChI=1S/C9H18ClNO3S/c1-3-9-7-14-8(2)6-11(9)15(12,13)5-4-10/h8-9H,3-7H2,1-2H3. The van der Waals surface area contributed by atoms with Gasteiger partial charge in [0.25, 0.3) is 0 Å². The number of halogens is 1. The molecule has 0 aliphatic carbocycles. The highest BCUT2D eigenvalue weighted by molar-refractivity contribution is 7.89. The van der Waals surface area contributed by atoms with Gasteiger partial charge >= 0.3 is 0 Å². The molecule has 6 heteroatoms. The lowest BCUT2D eigenvalue weighted by Gasteiger charge is -2.37. The molecule has 0 N–H and O–H groups in total. The van der Waals surface area contributed by atoms with Crippen molar-refractivity contribution in [2.45, 2.75) is 32.4 Å². The van der Waals surface area contributed by atoms with Gasteiger partial charge in [-0.25, -0.2) is 8.42 Å². The first-order valence-electron chi connectivity index (χ1n) is 5.18. The van der Waals surface area contributed by atoms with Crippen LogP contribution in [0.5, 0.6) is 0 Å². The third kappa shape index (κ3) is 3.31. The van der Waals surface area contributed by atoms with E-state index in [1.807, 2.05) is 13.8 Å². The average molecular weight is 256 g/mol. The largest absolute Gasteiger partial charge is 0.375 e. The third-order valence-electron chi connectivity index (χ3n) is 2.58. The molecule has 1 saturated heterocycles. The SMILES string of the molecule is CCC1COC(C)CN1S(=O)(=O)CCCl. The van der Waals surface area contributed by atoms with Crippen LogP contribution in [0, 0.1) is 0 Å². The van der Waals surface area contributed by atoms with Gasteiger partial charge in [-0.1, -0.05) is 6.92 Å². The summed E-state index contributed by atoms with van der Waals surface area (Å²) in [5.74, 6) is 0.155. The quantitative estimate of drug-likeness (QED) is 0.706. The van der Waals surface area contributed by atoms with Crippen molar-refractivity contribution in [2.24, 2.45) is 0 Å². The highest BCUT2D eigenvalue weighted by Crippen LogP contribution is 2.18. The molecule has 15 heavy (non-hydrogen) atoms. The molecular formula is C9H18ClNO3S. The summed E-state index contributed by atoms with van der Waals surface area (Å²) in [6.07, 6.45) is 0.742. The molecule has 0 amide bonds. The van der Waals surface area contributed by atoms with Crippen LogP contribution in [-0.4, -0.2) is 49.7 Å². The molecule has 0 aromatic heterocycles. The fourth-order valence-corrected chi connectivity index (χ4v) is 3.81. The Morgan fingerprint density at radius 2 is 2.20 bits per heavy atom. The van der Waals surface area contributed by atoms with Gasteiger partial charge in [-0.15, -0.1) is 11.6 Å². The van der Waals surface area contributed by atoms with Gasteiger partial charge in [0.05, 0.1) is 18.5 Å². The molecule has 1 rings (SSSR count). The lowest BCUT2D eigenvalue weighted by molar-refractivity contribution is -0.0229. The van der Waals surface area contributed by atoms with Crippen LogP contribution in [0.1, 0.15) is 20.3 Å². The molecule has 0 aromatic rings. The first kappa shape index (κ1) is 13.2. The first-order chi connectivity index (χ1) is 7.01. The maximum Gasteiger partial charge on any atom is 0.215 e. The highest BCUT2D eigenvalue weighted by Gasteiger charge is 2.33. The molecule has 2 unspecified atom stereocenters. The van der Waals surface area contributed by atoms with Crippen molar-refractivity contribution >= 4 is 21.6 Å². The van der Waals surface area contributed by atoms with Crippen LogP contribution < -0.4 is 0 Å². The van der Waals surface area contributed by atoms with Gasteiger partial charge in [0.2, 0.25) is 10.0 Å². The molecule has 0 aromatic carbocycles. The molecule has 0 radical (unpaired) electrons. The zero-order valence-electron chi connectivity index (χ0n) is 9.15. The van der Waals surface area contributed by atoms with Crippen LogP contribution in [0.25, 0.3) is 0 Å². The zero-order valence-corrected chi connectivity index (χ0v) is 10.7. The average Bonchev–Trinajstić information content (AvgIpc) is 2.17. The number of morpholine rings is 1. The van der Waals surface area contributed by atoms with E-state index in [4.69, 9.17) is 16.3 Å². The predicted molar refractivity (Wildman–Crippen MR) is 60.7 cm³/mol. The number of alkyl halides is 1. The number of sulfonamides is 1. The second-order valence-corrected chi connectivity index (χ2v) is 6.20. The Kier molecular flexibility index (Phi) is 4.83. The maximum atomic E-state index is 11.9. The number of hydrogen-bond acceptors (Lipinski definition) is 3. The van der Waals surface area contributed by atoms with E-state index in [0.717, 1.165) is 6.42 Å². The maximum absolute atomic E-state index is 11.9. The van der Waals surface area contributed by atoms with Gasteiger partial charge < -0.3 is 4.74 Å². The topological polar surface area (TPSA) is 46.6 Å². The van der Waals surface area contributed by atoms with E-state index in [0.29, 0.717) is 13.2 Å². The number of hydrogen-bond donors (Lipinski definition) is 0. The Morgan fingerprint density at radius 3 is 2.73 bits per heavy atom. The van der Waals surface area contributed by atoms with Crippen molar-refractivity contribution in [2.75, 3.05) is 24.8 Å². The molecule has 4 nitrogen and oxygen atoms in total. The Balaban J connectivity index is 2.79. The Hall–Kier alpha value is 0.160. The minimum atomic E-state index is -3.21. The molecule has 0 bridgehead atoms. The monoisotopic (exact) mass is 255 g/mol. The van der Waals surface area contributed by atoms with E-state index in [-0.39, 0.29) is 23.8 Å². The second-order valence-electron chi connectivity index (χ2n) is 3.78. The van der Waals surface area contributed by atoms with Crippen LogP contribution in [0.4, 0.5) is 0 Å². The van der Waals surface area contributed by atoms with Crippen LogP contribution in [-0.2, 0) is 14.8 Å². The van der Waals surface area contributed by atoms with Crippen molar-refractivity contribution in [3.63, 3.8) is 0 Å². The molecule has 2 atom stereocenters. The van der Waals surface area contributed by atoms with Gasteiger partial charge in [-0.2, -0.15) is 4.31 Å². The molecular weight excluding hydrogens is 238 g/mol. The van der Waals surface area contributed by atoms with Crippen LogP contribution in [0.2, 0.25) is 0 Å². The van der Waals surface area contributed by atoms with Crippen molar-refractivity contribution in [3.05, 3.63) is 0 Å². The van der Waals surface area contributed by atoms with E-state index < -0.39 is 10.0 Å². The summed E-state index contributed by atoms with van der Waals surface area (Å²) < 4.78 is 30.8. The van der Waals surface area contributed by atoms with Gasteiger partial charge in [-0.05, 0) is 13.3 Å². The van der Waals surface area contributed by atoms with E-state index in [1.165, 1.54) is 0 Å². The lowest BCUT2D eigenvalue weighted by Crippen LogP contribution is -2.52. The number of nitrogens with zero attached hydrogens (tertiary/aromatic N) is 1. The molecule has 1 heterocycles. The zero-order chi connectivity index (χ0) is 11.5. The van der Waals surface area contributed by atoms with Gasteiger partial charge in [0.1, 0.15) is 0 Å². The molecule has 0 spiro atoms. The summed E-state index contributed by atoms with van der Waals surface area (Å²) >= 11 is 5.50. The fourth-order valence-electron chi connectivity index (χ4n) is 1.69. The van der Waals surface area contributed by atoms with Crippen LogP contribution in [0.15, 0.2) is 0 Å². The van der Waals surface area contributed by atoms with Crippen molar-refractivity contribution in [1.29, 1.82) is 0 Å². The van der Waals surface area contributed by atoms with E-state index in [1.54, 1.807) is 4.31 Å². The smallest absolute Gasteiger partial charge is 0.215 e. The van der Waals surface area contributed by atoms with E-state index in [2.05, 4.69) is 0 Å². The van der Waals surface area contributed by atoms with E-state index >= 15 is 0 Å². The van der Waals surface area contributed by atoms with Crippen LogP contribution in [0.3, 0.4) is 0 Å². The van der Waals surface area contributed by atoms with Gasteiger partial charge in [-0.3, -0.25) is 0 Å². The van der Waals surface area contributed by atoms with Crippen molar-refractivity contribution < 1.29 is 13.2 Å². The van der Waals surface area contributed by atoms with Gasteiger partial charge in [0.15, 0.2) is 0 Å². The molecule has 1 aliphatic rings. The Morgan fingerprint density at radius 1 is 1.53 bits per heavy atom. The fraction of sp³-hybridized carbons (Fsp3) is 1.00. The lowest BCUT2D eigenvalue weighted by atomic mass is 10.2. The minimum Gasteiger partial charge on any atom is -0.375 e. The first-order valence-corrected chi connectivity index (χ1v) is 7.32. The van der Waals surface area contributed by atoms with E-state index in [9.17, 15) is 8.42 Å². The molecule has 0 saturated carbocycles. The van der Waals surface area contributed by atoms with Crippen molar-refractivity contribution in [3.8, 4) is 0 Å². The molecule has 1 fully saturated rings.